The van der Waals surface area contributed by atoms with Gasteiger partial charge in [0.05, 0.1) is 12.8 Å². The molecule has 0 saturated carbocycles. The zero-order valence-electron chi connectivity index (χ0n) is 12.5. The summed E-state index contributed by atoms with van der Waals surface area (Å²) in [7, 11) is 0. The zero-order valence-corrected chi connectivity index (χ0v) is 13.3. The van der Waals surface area contributed by atoms with E-state index in [0.717, 1.165) is 24.0 Å². The molecule has 0 unspecified atom stereocenters. The van der Waals surface area contributed by atoms with Gasteiger partial charge in [0.2, 0.25) is 0 Å². The number of aliphatic imine (C=N–C) groups is 1. The first-order valence-corrected chi connectivity index (χ1v) is 7.58. The predicted octanol–water partition coefficient (Wildman–Crippen LogP) is 3.07. The molecule has 0 bridgehead atoms. The second-order valence-electron chi connectivity index (χ2n) is 4.51. The van der Waals surface area contributed by atoms with Crippen molar-refractivity contribution >= 4 is 17.6 Å². The number of nitrogens with zero attached hydrogens (tertiary/aromatic N) is 1. The first-order chi connectivity index (χ1) is 10.8. The Hall–Kier alpha value is -2.14. The van der Waals surface area contributed by atoms with Crippen molar-refractivity contribution in [1.29, 1.82) is 0 Å². The summed E-state index contributed by atoms with van der Waals surface area (Å²) in [6.07, 6.45) is 1.64. The second-order valence-corrected chi connectivity index (χ2v) is 4.94. The van der Waals surface area contributed by atoms with Crippen molar-refractivity contribution < 1.29 is 9.15 Å². The number of hydrogen-bond donors (Lipinski definition) is 2. The summed E-state index contributed by atoms with van der Waals surface area (Å²) in [5, 5.41) is 7.05. The average molecular weight is 322 g/mol. The van der Waals surface area contributed by atoms with Crippen LogP contribution in [0.25, 0.3) is 0 Å². The zero-order chi connectivity index (χ0) is 15.6. The minimum atomic E-state index is 0.498. The van der Waals surface area contributed by atoms with Crippen LogP contribution in [0.1, 0.15) is 12.7 Å². The second kappa shape index (κ2) is 9.00. The van der Waals surface area contributed by atoms with Gasteiger partial charge in [-0.3, -0.25) is 0 Å². The molecule has 1 aromatic heterocycles. The molecular weight excluding hydrogens is 302 g/mol. The van der Waals surface area contributed by atoms with E-state index in [2.05, 4.69) is 15.6 Å². The minimum Gasteiger partial charge on any atom is -0.492 e. The van der Waals surface area contributed by atoms with Crippen LogP contribution in [0.4, 0.5) is 0 Å². The molecule has 0 radical (unpaired) electrons. The SMILES string of the molecule is CCNC(=NCc1ccco1)NCCOc1cccc(Cl)c1. The van der Waals surface area contributed by atoms with Gasteiger partial charge in [-0.2, -0.15) is 0 Å². The van der Waals surface area contributed by atoms with Crippen molar-refractivity contribution in [3.8, 4) is 5.75 Å². The Morgan fingerprint density at radius 3 is 2.91 bits per heavy atom. The van der Waals surface area contributed by atoms with Crippen LogP contribution in [0.5, 0.6) is 5.75 Å². The largest absolute Gasteiger partial charge is 0.492 e. The van der Waals surface area contributed by atoms with Crippen molar-refractivity contribution in [2.24, 2.45) is 4.99 Å². The highest BCUT2D eigenvalue weighted by atomic mass is 35.5. The monoisotopic (exact) mass is 321 g/mol. The highest BCUT2D eigenvalue weighted by Gasteiger charge is 1.99. The first-order valence-electron chi connectivity index (χ1n) is 7.21. The van der Waals surface area contributed by atoms with E-state index in [-0.39, 0.29) is 0 Å². The lowest BCUT2D eigenvalue weighted by Gasteiger charge is -2.12. The Morgan fingerprint density at radius 2 is 2.18 bits per heavy atom. The molecule has 2 rings (SSSR count). The van der Waals surface area contributed by atoms with Gasteiger partial charge in [0.25, 0.3) is 0 Å². The Kier molecular flexibility index (Phi) is 6.64. The Labute approximate surface area is 135 Å². The molecule has 0 saturated heterocycles. The summed E-state index contributed by atoms with van der Waals surface area (Å²) in [6.45, 7) is 4.46. The molecule has 6 heteroatoms. The molecule has 5 nitrogen and oxygen atoms in total. The highest BCUT2D eigenvalue weighted by Crippen LogP contribution is 2.16. The van der Waals surface area contributed by atoms with Crippen LogP contribution < -0.4 is 15.4 Å². The van der Waals surface area contributed by atoms with E-state index in [4.69, 9.17) is 20.8 Å². The van der Waals surface area contributed by atoms with Gasteiger partial charge < -0.3 is 19.8 Å². The van der Waals surface area contributed by atoms with E-state index in [1.165, 1.54) is 0 Å². The summed E-state index contributed by atoms with van der Waals surface area (Å²) in [5.74, 6) is 2.31. The van der Waals surface area contributed by atoms with Crippen LogP contribution in [0, 0.1) is 0 Å². The molecule has 0 spiro atoms. The van der Waals surface area contributed by atoms with Crippen LogP contribution in [0.2, 0.25) is 5.02 Å². The molecule has 2 aromatic rings. The maximum absolute atomic E-state index is 5.91. The van der Waals surface area contributed by atoms with Gasteiger partial charge in [-0.25, -0.2) is 4.99 Å². The molecule has 1 heterocycles. The van der Waals surface area contributed by atoms with Gasteiger partial charge in [0.15, 0.2) is 5.96 Å². The van der Waals surface area contributed by atoms with Gasteiger partial charge in [0.1, 0.15) is 24.7 Å². The van der Waals surface area contributed by atoms with Crippen molar-refractivity contribution in [1.82, 2.24) is 10.6 Å². The average Bonchev–Trinajstić information content (AvgIpc) is 3.02. The third-order valence-electron chi connectivity index (χ3n) is 2.78. The molecule has 1 aromatic carbocycles. The smallest absolute Gasteiger partial charge is 0.191 e. The minimum absolute atomic E-state index is 0.498. The van der Waals surface area contributed by atoms with E-state index in [9.17, 15) is 0 Å². The lowest BCUT2D eigenvalue weighted by atomic mass is 10.3. The Morgan fingerprint density at radius 1 is 1.27 bits per heavy atom. The van der Waals surface area contributed by atoms with Gasteiger partial charge in [-0.15, -0.1) is 0 Å². The molecule has 0 aliphatic rings. The molecule has 22 heavy (non-hydrogen) atoms. The van der Waals surface area contributed by atoms with Crippen LogP contribution in [-0.2, 0) is 6.54 Å². The number of guanidine groups is 1. The number of halogens is 1. The van der Waals surface area contributed by atoms with Crippen molar-refractivity contribution in [3.05, 3.63) is 53.4 Å². The molecule has 2 N–H and O–H groups in total. The molecule has 0 aliphatic heterocycles. The van der Waals surface area contributed by atoms with E-state index in [0.29, 0.717) is 24.7 Å². The van der Waals surface area contributed by atoms with Gasteiger partial charge in [-0.1, -0.05) is 17.7 Å². The number of ether oxygens (including phenoxy) is 1. The van der Waals surface area contributed by atoms with Crippen molar-refractivity contribution in [3.63, 3.8) is 0 Å². The summed E-state index contributed by atoms with van der Waals surface area (Å²) in [4.78, 5) is 4.44. The molecule has 0 aliphatic carbocycles. The number of rotatable bonds is 7. The van der Waals surface area contributed by atoms with Crippen molar-refractivity contribution in [2.75, 3.05) is 19.7 Å². The van der Waals surface area contributed by atoms with E-state index in [1.807, 2.05) is 37.3 Å². The fourth-order valence-electron chi connectivity index (χ4n) is 1.80. The molecule has 118 valence electrons. The normalized spacial score (nSPS) is 11.3. The van der Waals surface area contributed by atoms with Crippen LogP contribution >= 0.6 is 11.6 Å². The topological polar surface area (TPSA) is 58.8 Å². The van der Waals surface area contributed by atoms with Gasteiger partial charge in [0, 0.05) is 11.6 Å². The summed E-state index contributed by atoms with van der Waals surface area (Å²) in [6, 6.07) is 11.1. The summed E-state index contributed by atoms with van der Waals surface area (Å²) >= 11 is 5.91. The highest BCUT2D eigenvalue weighted by molar-refractivity contribution is 6.30. The van der Waals surface area contributed by atoms with Crippen LogP contribution in [-0.4, -0.2) is 25.7 Å². The fraction of sp³-hybridized carbons (Fsp3) is 0.312. The van der Waals surface area contributed by atoms with E-state index < -0.39 is 0 Å². The van der Waals surface area contributed by atoms with E-state index in [1.54, 1.807) is 12.3 Å². The number of furan rings is 1. The van der Waals surface area contributed by atoms with Gasteiger partial charge >= 0.3 is 0 Å². The first kappa shape index (κ1) is 16.2. The maximum Gasteiger partial charge on any atom is 0.191 e. The lowest BCUT2D eigenvalue weighted by molar-refractivity contribution is 0.322. The van der Waals surface area contributed by atoms with Crippen LogP contribution in [0.15, 0.2) is 52.1 Å². The molecular formula is C16H20ClN3O2. The quantitative estimate of drug-likeness (QED) is 0.467. The maximum atomic E-state index is 5.91. The summed E-state index contributed by atoms with van der Waals surface area (Å²) in [5.41, 5.74) is 0. The van der Waals surface area contributed by atoms with Crippen LogP contribution in [0.3, 0.4) is 0 Å². The molecule has 0 amide bonds. The Bertz CT molecular complexity index is 585. The summed E-state index contributed by atoms with van der Waals surface area (Å²) < 4.78 is 10.9. The number of benzene rings is 1. The standard InChI is InChI=1S/C16H20ClN3O2/c1-2-18-16(20-12-15-7-4-9-21-15)19-8-10-22-14-6-3-5-13(17)11-14/h3-7,9,11H,2,8,10,12H2,1H3,(H2,18,19,20). The van der Waals surface area contributed by atoms with Gasteiger partial charge in [-0.05, 0) is 37.3 Å². The lowest BCUT2D eigenvalue weighted by Crippen LogP contribution is -2.39. The Balaban J connectivity index is 1.75. The third kappa shape index (κ3) is 5.69. The van der Waals surface area contributed by atoms with E-state index >= 15 is 0 Å². The fourth-order valence-corrected chi connectivity index (χ4v) is 1.98. The molecule has 0 fully saturated rings. The number of hydrogen-bond acceptors (Lipinski definition) is 3. The third-order valence-corrected chi connectivity index (χ3v) is 3.01. The predicted molar refractivity (Wildman–Crippen MR) is 88.5 cm³/mol. The number of nitrogens with one attached hydrogen (secondary N) is 2. The molecule has 0 atom stereocenters. The van der Waals surface area contributed by atoms with Crippen molar-refractivity contribution in [2.45, 2.75) is 13.5 Å².